The number of rotatable bonds is 2. The average Bonchev–Trinajstić information content (AvgIpc) is 2.17. The maximum atomic E-state index is 11.0. The molecule has 1 unspecified atom stereocenters. The Morgan fingerprint density at radius 3 is 2.38 bits per heavy atom. The van der Waals surface area contributed by atoms with Crippen LogP contribution in [0.15, 0.2) is 0 Å². The molecule has 0 spiro atoms. The number of amides is 1. The Labute approximate surface area is 79.7 Å². The van der Waals surface area contributed by atoms with Crippen LogP contribution >= 0.6 is 0 Å². The van der Waals surface area contributed by atoms with Crippen LogP contribution in [0.2, 0.25) is 0 Å². The van der Waals surface area contributed by atoms with E-state index in [1.54, 1.807) is 7.05 Å². The minimum atomic E-state index is -0.571. The highest BCUT2D eigenvalue weighted by Gasteiger charge is 2.25. The minimum absolute atomic E-state index is 0.0573. The van der Waals surface area contributed by atoms with E-state index in [0.717, 1.165) is 12.8 Å². The molecule has 0 heterocycles. The van der Waals surface area contributed by atoms with Gasteiger partial charge in [0.05, 0.1) is 0 Å². The SMILES string of the molecule is CC(=O)N(C)C(O)C1CCCCC1. The van der Waals surface area contributed by atoms with Crippen LogP contribution in [0, 0.1) is 5.92 Å². The van der Waals surface area contributed by atoms with Gasteiger partial charge < -0.3 is 10.0 Å². The third-order valence-electron chi connectivity index (χ3n) is 2.96. The van der Waals surface area contributed by atoms with Gasteiger partial charge in [-0.05, 0) is 12.8 Å². The van der Waals surface area contributed by atoms with E-state index in [4.69, 9.17) is 0 Å². The molecule has 0 aromatic heterocycles. The molecule has 3 nitrogen and oxygen atoms in total. The number of aliphatic hydroxyl groups excluding tert-OH is 1. The van der Waals surface area contributed by atoms with Crippen LogP contribution in [0.3, 0.4) is 0 Å². The Bertz CT molecular complexity index is 176. The van der Waals surface area contributed by atoms with E-state index in [0.29, 0.717) is 5.92 Å². The average molecular weight is 185 g/mol. The van der Waals surface area contributed by atoms with Crippen LogP contribution in [-0.4, -0.2) is 29.2 Å². The van der Waals surface area contributed by atoms with E-state index >= 15 is 0 Å². The van der Waals surface area contributed by atoms with Gasteiger partial charge in [-0.15, -0.1) is 0 Å². The van der Waals surface area contributed by atoms with Crippen molar-refractivity contribution < 1.29 is 9.90 Å². The third-order valence-corrected chi connectivity index (χ3v) is 2.96. The molecule has 0 aromatic carbocycles. The van der Waals surface area contributed by atoms with E-state index < -0.39 is 6.23 Å². The molecule has 76 valence electrons. The fourth-order valence-electron chi connectivity index (χ4n) is 1.93. The lowest BCUT2D eigenvalue weighted by molar-refractivity contribution is -0.140. The number of hydrogen-bond donors (Lipinski definition) is 1. The topological polar surface area (TPSA) is 40.5 Å². The van der Waals surface area contributed by atoms with Gasteiger partial charge >= 0.3 is 0 Å². The summed E-state index contributed by atoms with van der Waals surface area (Å²) in [6, 6.07) is 0. The molecule has 1 amide bonds. The number of aliphatic hydroxyl groups is 1. The summed E-state index contributed by atoms with van der Waals surface area (Å²) in [5.41, 5.74) is 0. The standard InChI is InChI=1S/C10H19NO2/c1-8(12)11(2)10(13)9-6-4-3-5-7-9/h9-10,13H,3-7H2,1-2H3. The van der Waals surface area contributed by atoms with E-state index in [1.807, 2.05) is 0 Å². The molecule has 0 bridgehead atoms. The molecule has 1 N–H and O–H groups in total. The number of carbonyl (C=O) groups excluding carboxylic acids is 1. The Hall–Kier alpha value is -0.570. The van der Waals surface area contributed by atoms with Crippen LogP contribution in [0.4, 0.5) is 0 Å². The second-order valence-corrected chi connectivity index (χ2v) is 3.94. The highest BCUT2D eigenvalue weighted by atomic mass is 16.3. The normalized spacial score (nSPS) is 21.2. The number of hydrogen-bond acceptors (Lipinski definition) is 2. The molecular weight excluding hydrogens is 166 g/mol. The lowest BCUT2D eigenvalue weighted by Crippen LogP contribution is -2.41. The maximum absolute atomic E-state index is 11.0. The van der Waals surface area contributed by atoms with E-state index in [2.05, 4.69) is 0 Å². The zero-order valence-electron chi connectivity index (χ0n) is 8.49. The summed E-state index contributed by atoms with van der Waals surface area (Å²) in [5, 5.41) is 9.82. The monoisotopic (exact) mass is 185 g/mol. The number of carbonyl (C=O) groups is 1. The van der Waals surface area contributed by atoms with Gasteiger partial charge in [0.1, 0.15) is 6.23 Å². The van der Waals surface area contributed by atoms with Crippen molar-refractivity contribution in [3.63, 3.8) is 0 Å². The van der Waals surface area contributed by atoms with Crippen molar-refractivity contribution in [1.29, 1.82) is 0 Å². The summed E-state index contributed by atoms with van der Waals surface area (Å²) in [6.45, 7) is 1.49. The van der Waals surface area contributed by atoms with Gasteiger partial charge in [0.2, 0.25) is 5.91 Å². The Kier molecular flexibility index (Phi) is 3.72. The molecule has 0 aromatic rings. The molecule has 1 aliphatic rings. The Balaban J connectivity index is 2.44. The lowest BCUT2D eigenvalue weighted by atomic mass is 9.87. The van der Waals surface area contributed by atoms with Gasteiger partial charge in [0.15, 0.2) is 0 Å². The second-order valence-electron chi connectivity index (χ2n) is 3.94. The molecule has 1 aliphatic carbocycles. The van der Waals surface area contributed by atoms with Crippen LogP contribution < -0.4 is 0 Å². The van der Waals surface area contributed by atoms with E-state index in [-0.39, 0.29) is 5.91 Å². The smallest absolute Gasteiger partial charge is 0.221 e. The molecular formula is C10H19NO2. The fourth-order valence-corrected chi connectivity index (χ4v) is 1.93. The predicted octanol–water partition coefficient (Wildman–Crippen LogP) is 1.36. The van der Waals surface area contributed by atoms with Gasteiger partial charge in [-0.1, -0.05) is 19.3 Å². The zero-order valence-corrected chi connectivity index (χ0v) is 8.49. The first-order chi connectivity index (χ1) is 6.13. The summed E-state index contributed by atoms with van der Waals surface area (Å²) < 4.78 is 0. The van der Waals surface area contributed by atoms with E-state index in [9.17, 15) is 9.90 Å². The van der Waals surface area contributed by atoms with Gasteiger partial charge in [0.25, 0.3) is 0 Å². The first kappa shape index (κ1) is 10.5. The molecule has 1 rings (SSSR count). The zero-order chi connectivity index (χ0) is 9.84. The van der Waals surface area contributed by atoms with Crippen LogP contribution in [-0.2, 0) is 4.79 Å². The number of nitrogens with zero attached hydrogens (tertiary/aromatic N) is 1. The summed E-state index contributed by atoms with van der Waals surface area (Å²) in [4.78, 5) is 12.4. The second kappa shape index (κ2) is 4.61. The van der Waals surface area contributed by atoms with Gasteiger partial charge in [0, 0.05) is 19.9 Å². The van der Waals surface area contributed by atoms with E-state index in [1.165, 1.54) is 31.1 Å². The fraction of sp³-hybridized carbons (Fsp3) is 0.900. The molecule has 0 radical (unpaired) electrons. The van der Waals surface area contributed by atoms with Crippen molar-refractivity contribution in [3.8, 4) is 0 Å². The molecule has 13 heavy (non-hydrogen) atoms. The highest BCUT2D eigenvalue weighted by Crippen LogP contribution is 2.27. The molecule has 3 heteroatoms. The summed E-state index contributed by atoms with van der Waals surface area (Å²) >= 11 is 0. The summed E-state index contributed by atoms with van der Waals surface area (Å²) in [7, 11) is 1.67. The van der Waals surface area contributed by atoms with Crippen LogP contribution in [0.1, 0.15) is 39.0 Å². The van der Waals surface area contributed by atoms with Crippen molar-refractivity contribution in [2.75, 3.05) is 7.05 Å². The van der Waals surface area contributed by atoms with Gasteiger partial charge in [-0.2, -0.15) is 0 Å². The maximum Gasteiger partial charge on any atom is 0.221 e. The Morgan fingerprint density at radius 2 is 1.92 bits per heavy atom. The minimum Gasteiger partial charge on any atom is -0.373 e. The van der Waals surface area contributed by atoms with Crippen molar-refractivity contribution in [2.45, 2.75) is 45.3 Å². The first-order valence-electron chi connectivity index (χ1n) is 5.04. The lowest BCUT2D eigenvalue weighted by Gasteiger charge is -2.32. The summed E-state index contributed by atoms with van der Waals surface area (Å²) in [5.74, 6) is 0.237. The predicted molar refractivity (Wildman–Crippen MR) is 51.0 cm³/mol. The van der Waals surface area contributed by atoms with Gasteiger partial charge in [-0.3, -0.25) is 4.79 Å². The highest BCUT2D eigenvalue weighted by molar-refractivity contribution is 5.73. The first-order valence-corrected chi connectivity index (χ1v) is 5.04. The van der Waals surface area contributed by atoms with Crippen molar-refractivity contribution in [2.24, 2.45) is 5.92 Å². The van der Waals surface area contributed by atoms with Crippen molar-refractivity contribution in [3.05, 3.63) is 0 Å². The van der Waals surface area contributed by atoms with Crippen LogP contribution in [0.25, 0.3) is 0 Å². The van der Waals surface area contributed by atoms with Crippen molar-refractivity contribution in [1.82, 2.24) is 4.90 Å². The molecule has 0 aliphatic heterocycles. The molecule has 0 saturated heterocycles. The summed E-state index contributed by atoms with van der Waals surface area (Å²) in [6.07, 6.45) is 5.18. The molecule has 1 saturated carbocycles. The molecule has 1 atom stereocenters. The quantitative estimate of drug-likeness (QED) is 0.660. The van der Waals surface area contributed by atoms with Crippen LogP contribution in [0.5, 0.6) is 0 Å². The Morgan fingerprint density at radius 1 is 1.38 bits per heavy atom. The van der Waals surface area contributed by atoms with Gasteiger partial charge in [-0.25, -0.2) is 0 Å². The third kappa shape index (κ3) is 2.69. The van der Waals surface area contributed by atoms with Crippen molar-refractivity contribution >= 4 is 5.91 Å². The molecule has 1 fully saturated rings. The largest absolute Gasteiger partial charge is 0.373 e.